The lowest BCUT2D eigenvalue weighted by atomic mass is 9.97. The van der Waals surface area contributed by atoms with Crippen LogP contribution in [0.25, 0.3) is 0 Å². The monoisotopic (exact) mass is 201 g/mol. The second-order valence-corrected chi connectivity index (χ2v) is 4.29. The van der Waals surface area contributed by atoms with Gasteiger partial charge < -0.3 is 0 Å². The summed E-state index contributed by atoms with van der Waals surface area (Å²) in [7, 11) is 0. The number of anilines is 1. The van der Waals surface area contributed by atoms with Gasteiger partial charge in [0.15, 0.2) is 0 Å². The highest BCUT2D eigenvalue weighted by atomic mass is 16.7. The minimum Gasteiger partial charge on any atom is -0.265 e. The number of hydrogen-bond acceptors (Lipinski definition) is 2. The van der Waals surface area contributed by atoms with Gasteiger partial charge in [-0.2, -0.15) is 0 Å². The van der Waals surface area contributed by atoms with E-state index in [4.69, 9.17) is 4.84 Å². The summed E-state index contributed by atoms with van der Waals surface area (Å²) in [4.78, 5) is 5.90. The molecule has 0 N–H and O–H groups in total. The number of benzene rings is 1. The van der Waals surface area contributed by atoms with Crippen LogP contribution in [0.2, 0.25) is 0 Å². The maximum atomic E-state index is 5.90. The van der Waals surface area contributed by atoms with Crippen molar-refractivity contribution >= 4 is 5.69 Å². The molecule has 1 aromatic carbocycles. The zero-order valence-electron chi connectivity index (χ0n) is 8.89. The van der Waals surface area contributed by atoms with Gasteiger partial charge in [-0.15, -0.1) is 0 Å². The molecule has 2 unspecified atom stereocenters. The molecular formula is C13H15NO. The first-order valence-electron chi connectivity index (χ1n) is 5.54. The summed E-state index contributed by atoms with van der Waals surface area (Å²) in [5.41, 5.74) is 2.48. The molecule has 2 aliphatic heterocycles. The van der Waals surface area contributed by atoms with E-state index in [1.807, 2.05) is 0 Å². The molecule has 0 spiro atoms. The summed E-state index contributed by atoms with van der Waals surface area (Å²) in [6, 6.07) is 8.82. The molecular weight excluding hydrogens is 186 g/mol. The molecule has 78 valence electrons. The smallest absolute Gasteiger partial charge is 0.104 e. The van der Waals surface area contributed by atoms with E-state index in [0.717, 1.165) is 6.42 Å². The Hall–Kier alpha value is -1.28. The van der Waals surface area contributed by atoms with Crippen LogP contribution in [0.4, 0.5) is 5.69 Å². The van der Waals surface area contributed by atoms with Crippen molar-refractivity contribution in [3.8, 4) is 0 Å². The maximum Gasteiger partial charge on any atom is 0.104 e. The van der Waals surface area contributed by atoms with E-state index in [-0.39, 0.29) is 6.10 Å². The zero-order chi connectivity index (χ0) is 10.3. The van der Waals surface area contributed by atoms with Gasteiger partial charge in [0, 0.05) is 0 Å². The standard InChI is InChI=1S/C13H15NO/c1-10-4-2-3-5-13(10)14-11-6-8-12(15-14)9-7-11/h2-6,8,11-12H,7,9H2,1H3. The molecule has 1 saturated heterocycles. The number of hydrogen-bond donors (Lipinski definition) is 0. The molecule has 0 saturated carbocycles. The molecule has 2 bridgehead atoms. The van der Waals surface area contributed by atoms with Crippen LogP contribution in [0.5, 0.6) is 0 Å². The van der Waals surface area contributed by atoms with Gasteiger partial charge in [-0.1, -0.05) is 30.4 Å². The third-order valence-corrected chi connectivity index (χ3v) is 3.20. The maximum absolute atomic E-state index is 5.90. The van der Waals surface area contributed by atoms with E-state index in [1.165, 1.54) is 17.7 Å². The van der Waals surface area contributed by atoms with Gasteiger partial charge in [0.05, 0.1) is 11.7 Å². The van der Waals surface area contributed by atoms with Crippen LogP contribution in [0.3, 0.4) is 0 Å². The van der Waals surface area contributed by atoms with Gasteiger partial charge in [-0.3, -0.25) is 4.84 Å². The van der Waals surface area contributed by atoms with Gasteiger partial charge in [-0.25, -0.2) is 5.06 Å². The Balaban J connectivity index is 1.96. The van der Waals surface area contributed by atoms with Crippen LogP contribution < -0.4 is 5.06 Å². The number of nitrogens with zero attached hydrogens (tertiary/aromatic N) is 1. The Morgan fingerprint density at radius 3 is 2.67 bits per heavy atom. The first-order chi connectivity index (χ1) is 7.34. The quantitative estimate of drug-likeness (QED) is 0.648. The van der Waals surface area contributed by atoms with Crippen molar-refractivity contribution in [1.82, 2.24) is 0 Å². The van der Waals surface area contributed by atoms with Gasteiger partial charge in [0.2, 0.25) is 0 Å². The average Bonchev–Trinajstić information content (AvgIpc) is 2.31. The second kappa shape index (κ2) is 3.38. The Kier molecular flexibility index (Phi) is 2.03. The number of rotatable bonds is 1. The fourth-order valence-corrected chi connectivity index (χ4v) is 2.33. The molecule has 15 heavy (non-hydrogen) atoms. The van der Waals surface area contributed by atoms with E-state index in [1.54, 1.807) is 0 Å². The molecule has 0 radical (unpaired) electrons. The number of hydroxylamine groups is 1. The number of aryl methyl sites for hydroxylation is 1. The zero-order valence-corrected chi connectivity index (χ0v) is 8.89. The van der Waals surface area contributed by atoms with Gasteiger partial charge in [-0.05, 0) is 31.4 Å². The molecule has 1 aromatic rings. The molecule has 0 aromatic heterocycles. The predicted octanol–water partition coefficient (Wildman–Crippen LogP) is 2.83. The minimum absolute atomic E-state index is 0.287. The lowest BCUT2D eigenvalue weighted by Gasteiger charge is -2.42. The van der Waals surface area contributed by atoms with Gasteiger partial charge >= 0.3 is 0 Å². The second-order valence-electron chi connectivity index (χ2n) is 4.29. The lowest BCUT2D eigenvalue weighted by molar-refractivity contribution is 0.00334. The highest BCUT2D eigenvalue weighted by Gasteiger charge is 2.31. The largest absolute Gasteiger partial charge is 0.265 e. The predicted molar refractivity (Wildman–Crippen MR) is 60.7 cm³/mol. The van der Waals surface area contributed by atoms with Gasteiger partial charge in [0.1, 0.15) is 6.10 Å². The molecule has 1 aliphatic carbocycles. The van der Waals surface area contributed by atoms with Crippen LogP contribution in [0.1, 0.15) is 18.4 Å². The van der Waals surface area contributed by atoms with E-state index < -0.39 is 0 Å². The lowest BCUT2D eigenvalue weighted by Crippen LogP contribution is -2.45. The highest BCUT2D eigenvalue weighted by Crippen LogP contribution is 2.33. The van der Waals surface area contributed by atoms with Crippen molar-refractivity contribution in [2.24, 2.45) is 0 Å². The molecule has 4 rings (SSSR count). The normalized spacial score (nSPS) is 28.5. The fourth-order valence-electron chi connectivity index (χ4n) is 2.33. The Morgan fingerprint density at radius 2 is 2.07 bits per heavy atom. The molecule has 2 atom stereocenters. The van der Waals surface area contributed by atoms with Crippen molar-refractivity contribution in [3.63, 3.8) is 0 Å². The van der Waals surface area contributed by atoms with Crippen LogP contribution in [0, 0.1) is 6.92 Å². The summed E-state index contributed by atoms with van der Waals surface area (Å²) in [5.74, 6) is 0. The summed E-state index contributed by atoms with van der Waals surface area (Å²) in [6.07, 6.45) is 7.10. The average molecular weight is 201 g/mol. The van der Waals surface area contributed by atoms with Crippen molar-refractivity contribution in [2.75, 3.05) is 5.06 Å². The van der Waals surface area contributed by atoms with E-state index in [0.29, 0.717) is 6.04 Å². The summed E-state index contributed by atoms with van der Waals surface area (Å²) in [5, 5.41) is 2.07. The number of para-hydroxylation sites is 1. The molecule has 0 amide bonds. The minimum atomic E-state index is 0.287. The van der Waals surface area contributed by atoms with Crippen LogP contribution in [-0.4, -0.2) is 12.1 Å². The van der Waals surface area contributed by atoms with Crippen LogP contribution >= 0.6 is 0 Å². The summed E-state index contributed by atoms with van der Waals surface area (Å²) < 4.78 is 0. The van der Waals surface area contributed by atoms with Crippen molar-refractivity contribution in [3.05, 3.63) is 42.0 Å². The Morgan fingerprint density at radius 1 is 1.20 bits per heavy atom. The topological polar surface area (TPSA) is 12.5 Å². The molecule has 3 aliphatic rings. The molecule has 1 fully saturated rings. The van der Waals surface area contributed by atoms with Crippen molar-refractivity contribution in [1.29, 1.82) is 0 Å². The summed E-state index contributed by atoms with van der Waals surface area (Å²) in [6.45, 7) is 2.13. The fraction of sp³-hybridized carbons (Fsp3) is 0.385. The third kappa shape index (κ3) is 1.45. The SMILES string of the molecule is Cc1ccccc1N1OC2C=CC1CC2. The molecule has 2 heteroatoms. The molecule has 2 heterocycles. The van der Waals surface area contributed by atoms with E-state index in [9.17, 15) is 0 Å². The third-order valence-electron chi connectivity index (χ3n) is 3.20. The van der Waals surface area contributed by atoms with E-state index in [2.05, 4.69) is 48.4 Å². The van der Waals surface area contributed by atoms with Crippen LogP contribution in [-0.2, 0) is 4.84 Å². The molecule has 2 nitrogen and oxygen atoms in total. The Bertz CT molecular complexity index is 399. The first-order valence-corrected chi connectivity index (χ1v) is 5.54. The first kappa shape index (κ1) is 8.98. The number of fused-ring (bicyclic) bond motifs is 2. The van der Waals surface area contributed by atoms with E-state index >= 15 is 0 Å². The van der Waals surface area contributed by atoms with Crippen molar-refractivity contribution < 1.29 is 4.84 Å². The summed E-state index contributed by atoms with van der Waals surface area (Å²) >= 11 is 0. The van der Waals surface area contributed by atoms with Crippen molar-refractivity contribution in [2.45, 2.75) is 31.9 Å². The highest BCUT2D eigenvalue weighted by molar-refractivity contribution is 5.53. The van der Waals surface area contributed by atoms with Gasteiger partial charge in [0.25, 0.3) is 0 Å². The Labute approximate surface area is 90.1 Å². The van der Waals surface area contributed by atoms with Crippen LogP contribution in [0.15, 0.2) is 36.4 Å².